The second-order valence-corrected chi connectivity index (χ2v) is 2.36. The molecule has 5 heteroatoms. The van der Waals surface area contributed by atoms with Crippen LogP contribution >= 0.6 is 13.5 Å². The molecular formula is C9H11NO3S. The average Bonchev–Trinajstić information content (AvgIpc) is 2.16. The minimum atomic E-state index is -0.476. The predicted molar refractivity (Wildman–Crippen MR) is 60.1 cm³/mol. The van der Waals surface area contributed by atoms with Crippen LogP contribution in [0.15, 0.2) is 24.8 Å². The van der Waals surface area contributed by atoms with E-state index < -0.39 is 4.92 Å². The van der Waals surface area contributed by atoms with E-state index in [0.717, 1.165) is 0 Å². The van der Waals surface area contributed by atoms with Gasteiger partial charge in [0.2, 0.25) is 0 Å². The van der Waals surface area contributed by atoms with E-state index in [1.54, 1.807) is 18.2 Å². The van der Waals surface area contributed by atoms with E-state index in [1.807, 2.05) is 0 Å². The summed E-state index contributed by atoms with van der Waals surface area (Å²) in [4.78, 5) is 10.2. The molecule has 1 aromatic carbocycles. The van der Waals surface area contributed by atoms with Gasteiger partial charge in [-0.1, -0.05) is 18.7 Å². The Hall–Kier alpha value is -1.49. The van der Waals surface area contributed by atoms with Gasteiger partial charge in [-0.05, 0) is 12.1 Å². The Morgan fingerprint density at radius 2 is 2.21 bits per heavy atom. The molecule has 0 radical (unpaired) electrons. The molecule has 0 aliphatic rings. The third-order valence-electron chi connectivity index (χ3n) is 1.65. The van der Waals surface area contributed by atoms with Gasteiger partial charge in [0.15, 0.2) is 5.75 Å². The molecule has 0 bridgehead atoms. The maximum Gasteiger partial charge on any atom is 0.318 e. The molecule has 0 fully saturated rings. The van der Waals surface area contributed by atoms with Crippen molar-refractivity contribution in [1.82, 2.24) is 0 Å². The van der Waals surface area contributed by atoms with Crippen molar-refractivity contribution in [3.05, 3.63) is 40.5 Å². The van der Waals surface area contributed by atoms with Crippen LogP contribution in [0.3, 0.4) is 0 Å². The van der Waals surface area contributed by atoms with E-state index in [2.05, 4.69) is 6.58 Å². The molecule has 0 N–H and O–H groups in total. The zero-order chi connectivity index (χ0) is 9.84. The van der Waals surface area contributed by atoms with Gasteiger partial charge >= 0.3 is 5.69 Å². The van der Waals surface area contributed by atoms with Crippen LogP contribution in [-0.2, 0) is 0 Å². The van der Waals surface area contributed by atoms with Gasteiger partial charge in [0.1, 0.15) is 0 Å². The lowest BCUT2D eigenvalue weighted by Gasteiger charge is -2.02. The topological polar surface area (TPSA) is 52.4 Å². The molecule has 0 unspecified atom stereocenters. The van der Waals surface area contributed by atoms with Crippen molar-refractivity contribution in [2.24, 2.45) is 0 Å². The largest absolute Gasteiger partial charge is 0.490 e. The van der Waals surface area contributed by atoms with Crippen LogP contribution in [0.25, 0.3) is 6.08 Å². The molecule has 0 aliphatic carbocycles. The summed E-state index contributed by atoms with van der Waals surface area (Å²) < 4.78 is 4.86. The number of hydrogen-bond acceptors (Lipinski definition) is 3. The van der Waals surface area contributed by atoms with Gasteiger partial charge in [0.25, 0.3) is 0 Å². The Labute approximate surface area is 88.8 Å². The van der Waals surface area contributed by atoms with Gasteiger partial charge in [-0.25, -0.2) is 0 Å². The predicted octanol–water partition coefficient (Wildman–Crippen LogP) is 2.36. The molecule has 76 valence electrons. The van der Waals surface area contributed by atoms with Crippen molar-refractivity contribution in [1.29, 1.82) is 0 Å². The summed E-state index contributed by atoms with van der Waals surface area (Å²) in [7, 11) is 1.40. The second-order valence-electron chi connectivity index (χ2n) is 2.36. The normalized spacial score (nSPS) is 8.64. The summed E-state index contributed by atoms with van der Waals surface area (Å²) in [5.74, 6) is 0.252. The fourth-order valence-corrected chi connectivity index (χ4v) is 1.06. The molecule has 1 rings (SSSR count). The van der Waals surface area contributed by atoms with Crippen molar-refractivity contribution in [3.8, 4) is 5.75 Å². The Bertz CT molecular complexity index is 352. The third kappa shape index (κ3) is 2.26. The van der Waals surface area contributed by atoms with Crippen molar-refractivity contribution in [2.75, 3.05) is 7.11 Å². The van der Waals surface area contributed by atoms with Gasteiger partial charge in [-0.3, -0.25) is 10.1 Å². The Kier molecular flexibility index (Phi) is 4.72. The number of methoxy groups -OCH3 is 1. The number of benzene rings is 1. The number of para-hydroxylation sites is 1. The molecule has 4 nitrogen and oxygen atoms in total. The lowest BCUT2D eigenvalue weighted by molar-refractivity contribution is -0.386. The number of nitro benzene ring substituents is 1. The molecular weight excluding hydrogens is 202 g/mol. The number of nitrogens with zero attached hydrogens (tertiary/aromatic N) is 1. The van der Waals surface area contributed by atoms with Crippen molar-refractivity contribution >= 4 is 25.3 Å². The number of ether oxygens (including phenoxy) is 1. The van der Waals surface area contributed by atoms with Crippen LogP contribution in [0.5, 0.6) is 5.75 Å². The van der Waals surface area contributed by atoms with Crippen LogP contribution in [0.1, 0.15) is 5.56 Å². The molecule has 0 heterocycles. The first-order chi connectivity index (χ1) is 6.20. The molecule has 0 amide bonds. The molecule has 0 aliphatic heterocycles. The summed E-state index contributed by atoms with van der Waals surface area (Å²) in [5, 5.41) is 10.6. The van der Waals surface area contributed by atoms with E-state index in [0.29, 0.717) is 5.56 Å². The highest BCUT2D eigenvalue weighted by molar-refractivity contribution is 7.59. The Balaban J connectivity index is 0.00000169. The monoisotopic (exact) mass is 213 g/mol. The minimum Gasteiger partial charge on any atom is -0.490 e. The van der Waals surface area contributed by atoms with E-state index >= 15 is 0 Å². The summed E-state index contributed by atoms with van der Waals surface area (Å²) in [6, 6.07) is 4.85. The van der Waals surface area contributed by atoms with E-state index in [9.17, 15) is 10.1 Å². The number of hydrogen-bond donors (Lipinski definition) is 0. The van der Waals surface area contributed by atoms with Gasteiger partial charge in [0.05, 0.1) is 17.6 Å². The van der Waals surface area contributed by atoms with Crippen molar-refractivity contribution < 1.29 is 9.66 Å². The van der Waals surface area contributed by atoms with Crippen molar-refractivity contribution in [3.63, 3.8) is 0 Å². The maximum atomic E-state index is 10.6. The molecule has 14 heavy (non-hydrogen) atoms. The summed E-state index contributed by atoms with van der Waals surface area (Å²) in [6.45, 7) is 3.49. The third-order valence-corrected chi connectivity index (χ3v) is 1.65. The van der Waals surface area contributed by atoms with Gasteiger partial charge in [0, 0.05) is 0 Å². The molecule has 0 aromatic heterocycles. The van der Waals surface area contributed by atoms with Crippen LogP contribution in [0, 0.1) is 10.1 Å². The summed E-state index contributed by atoms with van der Waals surface area (Å²) in [6.07, 6.45) is 1.43. The Morgan fingerprint density at radius 1 is 1.57 bits per heavy atom. The molecule has 0 saturated carbocycles. The molecule has 0 atom stereocenters. The summed E-state index contributed by atoms with van der Waals surface area (Å²) >= 11 is 0. The SMILES string of the molecule is C=Cc1cccc(OC)c1[N+](=O)[O-].S. The second kappa shape index (κ2) is 5.29. The molecule has 1 aromatic rings. The van der Waals surface area contributed by atoms with Gasteiger partial charge < -0.3 is 4.74 Å². The van der Waals surface area contributed by atoms with Gasteiger partial charge in [-0.2, -0.15) is 13.5 Å². The average molecular weight is 213 g/mol. The highest BCUT2D eigenvalue weighted by Gasteiger charge is 2.17. The first-order valence-corrected chi connectivity index (χ1v) is 3.64. The number of rotatable bonds is 3. The van der Waals surface area contributed by atoms with Crippen LogP contribution in [-0.4, -0.2) is 12.0 Å². The summed E-state index contributed by atoms with van der Waals surface area (Å²) in [5.41, 5.74) is 0.421. The van der Waals surface area contributed by atoms with Crippen molar-refractivity contribution in [2.45, 2.75) is 0 Å². The zero-order valence-corrected chi connectivity index (χ0v) is 8.69. The number of nitro groups is 1. The highest BCUT2D eigenvalue weighted by atomic mass is 32.1. The van der Waals surface area contributed by atoms with Crippen LogP contribution < -0.4 is 4.74 Å². The minimum absolute atomic E-state index is 0. The fraction of sp³-hybridized carbons (Fsp3) is 0.111. The highest BCUT2D eigenvalue weighted by Crippen LogP contribution is 2.30. The zero-order valence-electron chi connectivity index (χ0n) is 7.69. The van der Waals surface area contributed by atoms with Gasteiger partial charge in [-0.15, -0.1) is 0 Å². The van der Waals surface area contributed by atoms with Crippen LogP contribution in [0.2, 0.25) is 0 Å². The van der Waals surface area contributed by atoms with E-state index in [1.165, 1.54) is 13.2 Å². The molecule has 0 saturated heterocycles. The van der Waals surface area contributed by atoms with E-state index in [-0.39, 0.29) is 24.9 Å². The first kappa shape index (κ1) is 12.5. The molecule has 0 spiro atoms. The standard InChI is InChI=1S/C9H9NO3.H2S/c1-3-7-5-4-6-8(13-2)9(7)10(11)12;/h3-6H,1H2,2H3;1H2. The first-order valence-electron chi connectivity index (χ1n) is 3.64. The maximum absolute atomic E-state index is 10.6. The van der Waals surface area contributed by atoms with E-state index in [4.69, 9.17) is 4.74 Å². The quantitative estimate of drug-likeness (QED) is 0.572. The fourth-order valence-electron chi connectivity index (χ4n) is 1.06. The smallest absolute Gasteiger partial charge is 0.318 e. The lowest BCUT2D eigenvalue weighted by Crippen LogP contribution is -1.95. The Morgan fingerprint density at radius 3 is 2.64 bits per heavy atom. The lowest BCUT2D eigenvalue weighted by atomic mass is 10.1. The van der Waals surface area contributed by atoms with Crippen LogP contribution in [0.4, 0.5) is 5.69 Å².